The lowest BCUT2D eigenvalue weighted by Gasteiger charge is -2.09. The molecule has 6 aromatic heterocycles. The number of carboxylic acid groups (broad SMARTS) is 1. The van der Waals surface area contributed by atoms with Crippen LogP contribution in [0.4, 0.5) is 0 Å². The molecule has 8 aromatic rings. The van der Waals surface area contributed by atoms with Gasteiger partial charge in [-0.2, -0.15) is 0 Å². The first-order valence-electron chi connectivity index (χ1n) is 19.8. The van der Waals surface area contributed by atoms with Crippen LogP contribution in [-0.2, 0) is 26.1 Å². The number of hydrogen-bond donors (Lipinski definition) is 4. The summed E-state index contributed by atoms with van der Waals surface area (Å²) in [5, 5.41) is 11.1. The van der Waals surface area contributed by atoms with Crippen molar-refractivity contribution in [3.05, 3.63) is 186 Å². The maximum absolute atomic E-state index is 13.3. The third kappa shape index (κ3) is 10.2. The van der Waals surface area contributed by atoms with Gasteiger partial charge in [0, 0.05) is 110 Å². The SMILES string of the molecule is C.Cc1c(C(=O)O)c2ccccc2n1Cc1cncnc1.Cc1cc(C)c(CCC(=O)c2c(C)n(Cc3cncnc3)c3ccccc23)c(=O)[nH]1.Cc1cc(C)c(CN)c(=O)[nH]1. The minimum absolute atomic E-state index is 0. The fourth-order valence-corrected chi connectivity index (χ4v) is 7.77. The molecule has 0 spiro atoms. The number of nitrogens with one attached hydrogen (secondary N) is 2. The number of nitrogens with zero attached hydrogens (tertiary/aromatic N) is 6. The Morgan fingerprint density at radius 2 is 1.06 bits per heavy atom. The number of pyridine rings is 2. The smallest absolute Gasteiger partial charge is 0.338 e. The van der Waals surface area contributed by atoms with Gasteiger partial charge in [0.2, 0.25) is 0 Å². The number of rotatable bonds is 10. The molecule has 0 atom stereocenters. The largest absolute Gasteiger partial charge is 0.478 e. The minimum Gasteiger partial charge on any atom is -0.478 e. The summed E-state index contributed by atoms with van der Waals surface area (Å²) in [6.45, 7) is 12.8. The van der Waals surface area contributed by atoms with E-state index in [1.807, 2.05) is 107 Å². The molecule has 320 valence electrons. The average Bonchev–Trinajstić information content (AvgIpc) is 3.67. The van der Waals surface area contributed by atoms with Crippen LogP contribution in [0.3, 0.4) is 0 Å². The van der Waals surface area contributed by atoms with Crippen molar-refractivity contribution in [2.75, 3.05) is 0 Å². The van der Waals surface area contributed by atoms with E-state index in [0.29, 0.717) is 42.7 Å². The van der Waals surface area contributed by atoms with E-state index in [-0.39, 0.29) is 30.7 Å². The number of H-pyrrole nitrogens is 2. The molecule has 0 bridgehead atoms. The number of carboxylic acids is 1. The third-order valence-corrected chi connectivity index (χ3v) is 10.7. The molecule has 0 amide bonds. The minimum atomic E-state index is -0.901. The van der Waals surface area contributed by atoms with Gasteiger partial charge in [-0.25, -0.2) is 24.7 Å². The van der Waals surface area contributed by atoms with Crippen LogP contribution in [0.25, 0.3) is 21.8 Å². The van der Waals surface area contributed by atoms with Crippen molar-refractivity contribution in [3.8, 4) is 0 Å². The number of aromatic carboxylic acids is 1. The highest BCUT2D eigenvalue weighted by molar-refractivity contribution is 6.09. The Morgan fingerprint density at radius 1 is 0.645 bits per heavy atom. The summed E-state index contributed by atoms with van der Waals surface area (Å²) in [4.78, 5) is 69.9. The molecule has 2 aromatic carbocycles. The zero-order chi connectivity index (χ0) is 43.8. The molecule has 5 N–H and O–H groups in total. The number of aryl methyl sites for hydroxylation is 4. The Hall–Kier alpha value is -7.32. The predicted molar refractivity (Wildman–Crippen MR) is 243 cm³/mol. The van der Waals surface area contributed by atoms with Crippen molar-refractivity contribution in [1.82, 2.24) is 39.0 Å². The molecule has 0 fully saturated rings. The van der Waals surface area contributed by atoms with Crippen molar-refractivity contribution in [2.24, 2.45) is 5.73 Å². The molecule has 8 rings (SSSR count). The second-order valence-corrected chi connectivity index (χ2v) is 14.9. The van der Waals surface area contributed by atoms with E-state index >= 15 is 0 Å². The maximum Gasteiger partial charge on any atom is 0.338 e. The second kappa shape index (κ2) is 20.3. The van der Waals surface area contributed by atoms with Crippen molar-refractivity contribution in [2.45, 2.75) is 81.4 Å². The van der Waals surface area contributed by atoms with Gasteiger partial charge in [0.1, 0.15) is 12.7 Å². The normalized spacial score (nSPS) is 10.7. The molecule has 6 heterocycles. The quantitative estimate of drug-likeness (QED) is 0.0999. The van der Waals surface area contributed by atoms with Gasteiger partial charge in [-0.05, 0) is 83.4 Å². The van der Waals surface area contributed by atoms with Crippen molar-refractivity contribution < 1.29 is 14.7 Å². The van der Waals surface area contributed by atoms with Crippen LogP contribution in [0.5, 0.6) is 0 Å². The summed E-state index contributed by atoms with van der Waals surface area (Å²) < 4.78 is 4.11. The van der Waals surface area contributed by atoms with Crippen LogP contribution >= 0.6 is 0 Å². The molecule has 0 radical (unpaired) electrons. The first-order chi connectivity index (χ1) is 29.3. The molecule has 0 saturated heterocycles. The number of fused-ring (bicyclic) bond motifs is 2. The van der Waals surface area contributed by atoms with Gasteiger partial charge in [0.25, 0.3) is 11.1 Å². The number of benzene rings is 2. The van der Waals surface area contributed by atoms with Crippen molar-refractivity contribution >= 4 is 33.6 Å². The zero-order valence-electron chi connectivity index (χ0n) is 35.1. The average molecular weight is 836 g/mol. The highest BCUT2D eigenvalue weighted by Crippen LogP contribution is 2.29. The zero-order valence-corrected chi connectivity index (χ0v) is 35.1. The van der Waals surface area contributed by atoms with E-state index in [2.05, 4.69) is 34.5 Å². The van der Waals surface area contributed by atoms with Crippen LogP contribution in [0.1, 0.15) is 90.7 Å². The van der Waals surface area contributed by atoms with E-state index < -0.39 is 5.97 Å². The molecule has 0 aliphatic heterocycles. The predicted octanol–water partition coefficient (Wildman–Crippen LogP) is 7.48. The van der Waals surface area contributed by atoms with Crippen LogP contribution in [0.2, 0.25) is 0 Å². The monoisotopic (exact) mass is 835 g/mol. The van der Waals surface area contributed by atoms with Crippen LogP contribution < -0.4 is 16.9 Å². The van der Waals surface area contributed by atoms with E-state index in [1.54, 1.807) is 24.8 Å². The lowest BCUT2D eigenvalue weighted by molar-refractivity contribution is 0.0697. The van der Waals surface area contributed by atoms with E-state index in [1.165, 1.54) is 12.7 Å². The molecule has 62 heavy (non-hydrogen) atoms. The summed E-state index contributed by atoms with van der Waals surface area (Å²) in [6.07, 6.45) is 10.7. The van der Waals surface area contributed by atoms with Crippen LogP contribution in [0.15, 0.2) is 108 Å². The van der Waals surface area contributed by atoms with Crippen molar-refractivity contribution in [3.63, 3.8) is 0 Å². The molecule has 0 saturated carbocycles. The summed E-state index contributed by atoms with van der Waals surface area (Å²) in [6, 6.07) is 19.3. The van der Waals surface area contributed by atoms with Crippen molar-refractivity contribution in [1.29, 1.82) is 0 Å². The van der Waals surface area contributed by atoms with Gasteiger partial charge in [0.15, 0.2) is 5.78 Å². The Morgan fingerprint density at radius 3 is 1.50 bits per heavy atom. The topological polar surface area (TPSA) is 208 Å². The molecule has 0 aliphatic rings. The maximum atomic E-state index is 13.3. The highest BCUT2D eigenvalue weighted by Gasteiger charge is 2.21. The number of aromatic nitrogens is 8. The number of aromatic amines is 2. The summed E-state index contributed by atoms with van der Waals surface area (Å²) >= 11 is 0. The van der Waals surface area contributed by atoms with Gasteiger partial charge in [0.05, 0.1) is 18.7 Å². The molecule has 0 aliphatic carbocycles. The Balaban J connectivity index is 0.000000195. The second-order valence-electron chi connectivity index (χ2n) is 14.9. The number of nitrogens with two attached hydrogens (primary N) is 1. The number of Topliss-reactive ketones (excluding diaryl/α,β-unsaturated/α-hetero) is 1. The fourth-order valence-electron chi connectivity index (χ4n) is 7.77. The lowest BCUT2D eigenvalue weighted by Crippen LogP contribution is -2.18. The third-order valence-electron chi connectivity index (χ3n) is 10.7. The number of para-hydroxylation sites is 2. The fraction of sp³-hybridized carbons (Fsp3) is 0.250. The molecule has 0 unspecified atom stereocenters. The van der Waals surface area contributed by atoms with Gasteiger partial charge in [-0.1, -0.05) is 43.8 Å². The lowest BCUT2D eigenvalue weighted by atomic mass is 9.99. The summed E-state index contributed by atoms with van der Waals surface area (Å²) in [7, 11) is 0. The Bertz CT molecular complexity index is 2970. The van der Waals surface area contributed by atoms with E-state index in [9.17, 15) is 24.3 Å². The summed E-state index contributed by atoms with van der Waals surface area (Å²) in [5.41, 5.74) is 16.7. The number of carbonyl (C=O) groups excluding carboxylic acids is 1. The number of hydrogen-bond acceptors (Lipinski definition) is 9. The number of carbonyl (C=O) groups is 2. The van der Waals surface area contributed by atoms with E-state index in [0.717, 1.165) is 72.4 Å². The number of ketones is 1. The molecular formula is C48H53N9O5. The van der Waals surface area contributed by atoms with Crippen LogP contribution in [-0.4, -0.2) is 55.9 Å². The summed E-state index contributed by atoms with van der Waals surface area (Å²) in [5.74, 6) is -0.854. The molecule has 14 heteroatoms. The van der Waals surface area contributed by atoms with Crippen LogP contribution in [0, 0.1) is 41.5 Å². The van der Waals surface area contributed by atoms with Gasteiger partial charge in [-0.15, -0.1) is 0 Å². The Labute approximate surface area is 359 Å². The first-order valence-corrected chi connectivity index (χ1v) is 19.8. The molecular weight excluding hydrogens is 783 g/mol. The first kappa shape index (κ1) is 45.8. The highest BCUT2D eigenvalue weighted by atomic mass is 16.4. The molecule has 14 nitrogen and oxygen atoms in total. The van der Waals surface area contributed by atoms with E-state index in [4.69, 9.17) is 5.73 Å². The standard InChI is InChI=1S/C24H24N4O2.C15H13N3O2.C8H12N2O.CH4/c1-15-10-16(2)27-24(30)19(15)8-9-22(29)23-17(3)28(13-18-11-25-14-26-12-18)21-7-5-4-6-20(21)23;1-10-14(15(19)20)12-4-2-3-5-13(12)18(10)8-11-6-16-9-17-7-11;1-5-3-6(2)10-8(11)7(5)4-9;/h4-7,10-12,14H,8-9,13H2,1-3H3,(H,27,30);2-7,9H,8H2,1H3,(H,19,20);3H,4,9H2,1-2H3,(H,10,11);1H4. The van der Waals surface area contributed by atoms with Gasteiger partial charge >= 0.3 is 5.97 Å². The van der Waals surface area contributed by atoms with Gasteiger partial charge < -0.3 is 29.9 Å². The van der Waals surface area contributed by atoms with Gasteiger partial charge in [-0.3, -0.25) is 14.4 Å². The Kier molecular flexibility index (Phi) is 15.0.